The van der Waals surface area contributed by atoms with Crippen LogP contribution in [0.4, 0.5) is 11.6 Å². The normalized spacial score (nSPS) is 21.2. The topological polar surface area (TPSA) is 99.2 Å². The number of rotatable bonds is 0. The Bertz CT molecular complexity index is 1180. The van der Waals surface area contributed by atoms with Crippen LogP contribution >= 0.6 is 11.6 Å². The maximum atomic E-state index is 12.3. The van der Waals surface area contributed by atoms with Gasteiger partial charge in [0.25, 0.3) is 0 Å². The molecule has 2 N–H and O–H groups in total. The Morgan fingerprint density at radius 3 is 2.63 bits per heavy atom. The summed E-state index contributed by atoms with van der Waals surface area (Å²) in [5.41, 5.74) is 3.86. The zero-order valence-corrected chi connectivity index (χ0v) is 20.3. The minimum Gasteiger partial charge on any atom is -0.356 e. The van der Waals surface area contributed by atoms with E-state index < -0.39 is 0 Å². The highest BCUT2D eigenvalue weighted by Gasteiger charge is 2.18. The van der Waals surface area contributed by atoms with Crippen molar-refractivity contribution in [2.75, 3.05) is 44.6 Å². The van der Waals surface area contributed by atoms with E-state index in [-0.39, 0.29) is 5.91 Å². The van der Waals surface area contributed by atoms with Crippen LogP contribution in [0.25, 0.3) is 11.4 Å². The minimum atomic E-state index is 0.109. The lowest BCUT2D eigenvalue weighted by atomic mass is 10.1. The van der Waals surface area contributed by atoms with Crippen LogP contribution in [-0.2, 0) is 17.8 Å². The van der Waals surface area contributed by atoms with Crippen molar-refractivity contribution in [3.63, 3.8) is 0 Å². The number of hydrogen-bond donors (Lipinski definition) is 2. The summed E-state index contributed by atoms with van der Waals surface area (Å²) in [6.45, 7) is 6.08. The first kappa shape index (κ1) is 23.6. The third kappa shape index (κ3) is 6.50. The van der Waals surface area contributed by atoms with Gasteiger partial charge in [0.1, 0.15) is 6.33 Å². The predicted octanol–water partition coefficient (Wildman–Crippen LogP) is 2.90. The number of hydrogen-bond acceptors (Lipinski definition) is 8. The molecule has 0 atom stereocenters. The Labute approximate surface area is 210 Å². The van der Waals surface area contributed by atoms with Crippen LogP contribution in [0.5, 0.6) is 0 Å². The van der Waals surface area contributed by atoms with Gasteiger partial charge in [0.15, 0.2) is 5.82 Å². The maximum Gasteiger partial charge on any atom is 0.230 e. The average molecular weight is 493 g/mol. The number of nitrogens with one attached hydrogen (secondary N) is 2. The first-order valence-corrected chi connectivity index (χ1v) is 12.4. The fraction of sp³-hybridized carbons (Fsp3) is 0.400. The molecular formula is C25H29ClN8O. The molecule has 2 aromatic heterocycles. The molecule has 0 aliphatic carbocycles. The van der Waals surface area contributed by atoms with Crippen LogP contribution in [-0.4, -0.2) is 74.9 Å². The van der Waals surface area contributed by atoms with Gasteiger partial charge in [-0.15, -0.1) is 0 Å². The van der Waals surface area contributed by atoms with Crippen molar-refractivity contribution in [1.29, 1.82) is 0 Å². The average Bonchev–Trinajstić information content (AvgIpc) is 2.86. The number of carbonyl (C=O) groups excluding carboxylic acids is 1. The van der Waals surface area contributed by atoms with Gasteiger partial charge in [0.2, 0.25) is 11.9 Å². The van der Waals surface area contributed by atoms with Crippen LogP contribution < -0.4 is 10.6 Å². The van der Waals surface area contributed by atoms with E-state index in [1.54, 1.807) is 6.20 Å². The summed E-state index contributed by atoms with van der Waals surface area (Å²) in [6, 6.07) is 7.99. The third-order valence-corrected chi connectivity index (χ3v) is 6.55. The molecular weight excluding hydrogens is 464 g/mol. The molecule has 0 unspecified atom stereocenters. The molecule has 1 amide bonds. The standard InChI is InChI=1S/C25H29ClN8O/c26-21-11-19-12-22(13-21)31-25-30-17-29-24(32-25)20-10-18(14-27-15-20)2-1-4-28-23(35)3-5-33-6-8-34(16-19)9-7-33/h10-15,17H,1-9,16H2,(H,28,35)(H,29,30,31,32). The molecule has 0 saturated carbocycles. The summed E-state index contributed by atoms with van der Waals surface area (Å²) in [6.07, 6.45) is 7.27. The highest BCUT2D eigenvalue weighted by molar-refractivity contribution is 6.30. The maximum absolute atomic E-state index is 12.3. The Hall–Kier alpha value is -3.14. The van der Waals surface area contributed by atoms with Gasteiger partial charge < -0.3 is 15.5 Å². The first-order valence-electron chi connectivity index (χ1n) is 12.0. The zero-order valence-electron chi connectivity index (χ0n) is 19.6. The molecule has 9 nitrogen and oxygen atoms in total. The molecule has 0 spiro atoms. The fourth-order valence-electron chi connectivity index (χ4n) is 4.48. The second kappa shape index (κ2) is 11.1. The molecule has 3 aromatic rings. The number of piperazine rings is 1. The summed E-state index contributed by atoms with van der Waals surface area (Å²) < 4.78 is 0. The van der Waals surface area contributed by atoms with Crippen molar-refractivity contribution < 1.29 is 4.79 Å². The number of aryl methyl sites for hydroxylation is 1. The highest BCUT2D eigenvalue weighted by Crippen LogP contribution is 2.24. The van der Waals surface area contributed by atoms with E-state index >= 15 is 0 Å². The van der Waals surface area contributed by atoms with Crippen molar-refractivity contribution in [2.45, 2.75) is 25.8 Å². The van der Waals surface area contributed by atoms with Crippen molar-refractivity contribution in [2.24, 2.45) is 0 Å². The van der Waals surface area contributed by atoms with Crippen molar-refractivity contribution in [1.82, 2.24) is 35.1 Å². The molecule has 1 saturated heterocycles. The lowest BCUT2D eigenvalue weighted by molar-refractivity contribution is -0.121. The number of fused-ring (bicyclic) bond motifs is 8. The molecule has 6 rings (SSSR count). The number of benzene rings is 1. The number of anilines is 2. The lowest BCUT2D eigenvalue weighted by Crippen LogP contribution is -2.46. The van der Waals surface area contributed by atoms with Gasteiger partial charge in [-0.2, -0.15) is 4.98 Å². The molecule has 35 heavy (non-hydrogen) atoms. The second-order valence-corrected chi connectivity index (χ2v) is 9.45. The Kier molecular flexibility index (Phi) is 7.46. The van der Waals surface area contributed by atoms with Crippen molar-refractivity contribution in [3.05, 3.63) is 59.1 Å². The van der Waals surface area contributed by atoms with Crippen LogP contribution in [0, 0.1) is 0 Å². The monoisotopic (exact) mass is 492 g/mol. The summed E-state index contributed by atoms with van der Waals surface area (Å²) in [5.74, 6) is 1.11. The summed E-state index contributed by atoms with van der Waals surface area (Å²) in [5, 5.41) is 6.99. The van der Waals surface area contributed by atoms with E-state index in [1.165, 1.54) is 6.33 Å². The van der Waals surface area contributed by atoms with Gasteiger partial charge in [0.05, 0.1) is 0 Å². The van der Waals surface area contributed by atoms with Crippen LogP contribution in [0.1, 0.15) is 24.0 Å². The van der Waals surface area contributed by atoms with Gasteiger partial charge in [0, 0.05) is 80.9 Å². The molecule has 1 aromatic carbocycles. The molecule has 10 heteroatoms. The molecule has 5 heterocycles. The van der Waals surface area contributed by atoms with Gasteiger partial charge in [-0.3, -0.25) is 14.7 Å². The van der Waals surface area contributed by atoms with Crippen molar-refractivity contribution in [3.8, 4) is 11.4 Å². The number of aromatic nitrogens is 4. The van der Waals surface area contributed by atoms with Gasteiger partial charge >= 0.3 is 0 Å². The quantitative estimate of drug-likeness (QED) is 0.494. The lowest BCUT2D eigenvalue weighted by Gasteiger charge is -2.34. The Balaban J connectivity index is 1.40. The van der Waals surface area contributed by atoms with Gasteiger partial charge in [-0.25, -0.2) is 9.97 Å². The molecule has 8 bridgehead atoms. The SMILES string of the molecule is O=C1CCN2CCN(CC2)Cc2cc(Cl)cc(c2)Nc2ncnc(n2)-c2cncc(c2)CCCN1. The minimum absolute atomic E-state index is 0.109. The molecule has 3 aliphatic heterocycles. The molecule has 0 radical (unpaired) electrons. The summed E-state index contributed by atoms with van der Waals surface area (Å²) in [7, 11) is 0. The van der Waals surface area contributed by atoms with Crippen LogP contribution in [0.2, 0.25) is 5.02 Å². The summed E-state index contributed by atoms with van der Waals surface area (Å²) in [4.78, 5) is 34.7. The number of pyridine rings is 1. The molecule has 3 aliphatic rings. The van der Waals surface area contributed by atoms with E-state index in [0.717, 1.165) is 74.5 Å². The number of carbonyl (C=O) groups is 1. The Morgan fingerprint density at radius 2 is 1.74 bits per heavy atom. The highest BCUT2D eigenvalue weighted by atomic mass is 35.5. The predicted molar refractivity (Wildman–Crippen MR) is 135 cm³/mol. The van der Waals surface area contributed by atoms with E-state index in [4.69, 9.17) is 11.6 Å². The van der Waals surface area contributed by atoms with Crippen molar-refractivity contribution >= 4 is 29.1 Å². The van der Waals surface area contributed by atoms with E-state index in [9.17, 15) is 4.79 Å². The fourth-order valence-corrected chi connectivity index (χ4v) is 4.74. The van der Waals surface area contributed by atoms with Gasteiger partial charge in [-0.1, -0.05) is 11.6 Å². The molecule has 182 valence electrons. The number of halogens is 1. The Morgan fingerprint density at radius 1 is 0.886 bits per heavy atom. The number of amides is 1. The van der Waals surface area contributed by atoms with Crippen LogP contribution in [0.3, 0.4) is 0 Å². The largest absolute Gasteiger partial charge is 0.356 e. The van der Waals surface area contributed by atoms with Gasteiger partial charge in [-0.05, 0) is 48.2 Å². The summed E-state index contributed by atoms with van der Waals surface area (Å²) >= 11 is 6.44. The van der Waals surface area contributed by atoms with E-state index in [2.05, 4.69) is 46.4 Å². The number of nitrogens with zero attached hydrogens (tertiary/aromatic N) is 6. The second-order valence-electron chi connectivity index (χ2n) is 9.01. The molecule has 1 fully saturated rings. The van der Waals surface area contributed by atoms with Crippen LogP contribution in [0.15, 0.2) is 43.0 Å². The van der Waals surface area contributed by atoms with E-state index in [1.807, 2.05) is 24.4 Å². The smallest absolute Gasteiger partial charge is 0.230 e. The van der Waals surface area contributed by atoms with E-state index in [0.29, 0.717) is 29.8 Å². The zero-order chi connectivity index (χ0) is 24.0. The third-order valence-electron chi connectivity index (χ3n) is 6.33. The first-order chi connectivity index (χ1) is 17.1.